The van der Waals surface area contributed by atoms with Gasteiger partial charge in [-0.05, 0) is 44.6 Å². The molecule has 106 valence electrons. The van der Waals surface area contributed by atoms with Crippen LogP contribution in [-0.2, 0) is 4.79 Å². The van der Waals surface area contributed by atoms with Gasteiger partial charge in [0.2, 0.25) is 5.91 Å². The highest BCUT2D eigenvalue weighted by atomic mass is 35.5. The number of hydrogen-bond acceptors (Lipinski definition) is 2. The van der Waals surface area contributed by atoms with Crippen LogP contribution in [0.4, 0.5) is 0 Å². The van der Waals surface area contributed by atoms with E-state index in [4.69, 9.17) is 0 Å². The van der Waals surface area contributed by atoms with Gasteiger partial charge in [0.15, 0.2) is 0 Å². The molecule has 2 rings (SSSR count). The second kappa shape index (κ2) is 7.34. The Labute approximate surface area is 117 Å². The van der Waals surface area contributed by atoms with Gasteiger partial charge >= 0.3 is 0 Å². The first-order valence-corrected chi connectivity index (χ1v) is 7.21. The van der Waals surface area contributed by atoms with Gasteiger partial charge in [0.1, 0.15) is 0 Å². The van der Waals surface area contributed by atoms with E-state index in [-0.39, 0.29) is 12.4 Å². The van der Waals surface area contributed by atoms with Gasteiger partial charge in [0.25, 0.3) is 0 Å². The molecule has 2 saturated heterocycles. The molecule has 0 aliphatic carbocycles. The highest BCUT2D eigenvalue weighted by molar-refractivity contribution is 5.85. The number of rotatable bonds is 3. The van der Waals surface area contributed by atoms with Crippen molar-refractivity contribution in [2.75, 3.05) is 13.1 Å². The van der Waals surface area contributed by atoms with Crippen molar-refractivity contribution in [1.82, 2.24) is 10.2 Å². The number of likely N-dealkylation sites (tertiary alicyclic amines) is 1. The van der Waals surface area contributed by atoms with Crippen molar-refractivity contribution in [2.24, 2.45) is 5.92 Å². The number of halogens is 1. The van der Waals surface area contributed by atoms with E-state index in [0.29, 0.717) is 30.3 Å². The van der Waals surface area contributed by atoms with Crippen molar-refractivity contribution < 1.29 is 4.79 Å². The van der Waals surface area contributed by atoms with Crippen LogP contribution in [0.5, 0.6) is 0 Å². The van der Waals surface area contributed by atoms with Crippen molar-refractivity contribution >= 4 is 18.3 Å². The largest absolute Gasteiger partial charge is 0.339 e. The van der Waals surface area contributed by atoms with Crippen LogP contribution in [0.2, 0.25) is 0 Å². The van der Waals surface area contributed by atoms with Gasteiger partial charge < -0.3 is 10.2 Å². The number of nitrogens with zero attached hydrogens (tertiary/aromatic N) is 1. The molecule has 1 amide bonds. The van der Waals surface area contributed by atoms with E-state index in [0.717, 1.165) is 13.1 Å². The molecule has 3 nitrogen and oxygen atoms in total. The van der Waals surface area contributed by atoms with Gasteiger partial charge in [-0.2, -0.15) is 0 Å². The van der Waals surface area contributed by atoms with E-state index in [1.54, 1.807) is 0 Å². The van der Waals surface area contributed by atoms with Crippen molar-refractivity contribution in [3.05, 3.63) is 0 Å². The summed E-state index contributed by atoms with van der Waals surface area (Å²) in [5.74, 6) is 0.971. The molecule has 0 bridgehead atoms. The van der Waals surface area contributed by atoms with Gasteiger partial charge in [0.05, 0.1) is 0 Å². The van der Waals surface area contributed by atoms with Crippen LogP contribution in [0, 0.1) is 5.92 Å². The first-order valence-electron chi connectivity index (χ1n) is 7.21. The van der Waals surface area contributed by atoms with Crippen LogP contribution in [-0.4, -0.2) is 36.0 Å². The summed E-state index contributed by atoms with van der Waals surface area (Å²) in [6.07, 6.45) is 6.78. The van der Waals surface area contributed by atoms with Crippen molar-refractivity contribution in [1.29, 1.82) is 0 Å². The summed E-state index contributed by atoms with van der Waals surface area (Å²) in [7, 11) is 0. The lowest BCUT2D eigenvalue weighted by atomic mass is 9.92. The Hall–Kier alpha value is -0.280. The Balaban J connectivity index is 0.00000162. The molecule has 0 saturated carbocycles. The molecule has 0 spiro atoms. The van der Waals surface area contributed by atoms with E-state index in [9.17, 15) is 4.79 Å². The minimum atomic E-state index is 0. The fourth-order valence-corrected chi connectivity index (χ4v) is 3.22. The lowest BCUT2D eigenvalue weighted by Crippen LogP contribution is -2.47. The first kappa shape index (κ1) is 15.8. The number of piperidine rings is 1. The molecule has 2 atom stereocenters. The summed E-state index contributed by atoms with van der Waals surface area (Å²) in [6.45, 7) is 6.55. The summed E-state index contributed by atoms with van der Waals surface area (Å²) in [5, 5.41) is 3.42. The Morgan fingerprint density at radius 1 is 1.28 bits per heavy atom. The van der Waals surface area contributed by atoms with Crippen molar-refractivity contribution in [3.63, 3.8) is 0 Å². The van der Waals surface area contributed by atoms with Gasteiger partial charge in [-0.1, -0.05) is 13.8 Å². The normalized spacial score (nSPS) is 28.3. The molecule has 2 heterocycles. The molecular formula is C14H27ClN2O. The fraction of sp³-hybridized carbons (Fsp3) is 0.929. The average molecular weight is 275 g/mol. The van der Waals surface area contributed by atoms with E-state index in [2.05, 4.69) is 24.1 Å². The summed E-state index contributed by atoms with van der Waals surface area (Å²) < 4.78 is 0. The van der Waals surface area contributed by atoms with Crippen LogP contribution in [0.25, 0.3) is 0 Å². The average Bonchev–Trinajstić information content (AvgIpc) is 2.81. The molecule has 0 radical (unpaired) electrons. The highest BCUT2D eigenvalue weighted by Crippen LogP contribution is 2.24. The van der Waals surface area contributed by atoms with Crippen molar-refractivity contribution in [3.8, 4) is 0 Å². The number of carbonyl (C=O) groups excluding carboxylic acids is 1. The smallest absolute Gasteiger partial charge is 0.224 e. The quantitative estimate of drug-likeness (QED) is 0.858. The van der Waals surface area contributed by atoms with Crippen LogP contribution >= 0.6 is 12.4 Å². The van der Waals surface area contributed by atoms with Gasteiger partial charge in [-0.3, -0.25) is 4.79 Å². The molecule has 4 heteroatoms. The van der Waals surface area contributed by atoms with Gasteiger partial charge in [0, 0.05) is 25.0 Å². The number of hydrogen-bond donors (Lipinski definition) is 1. The third-order valence-corrected chi connectivity index (χ3v) is 4.22. The molecule has 2 aliphatic heterocycles. The van der Waals surface area contributed by atoms with Gasteiger partial charge in [-0.15, -0.1) is 12.4 Å². The van der Waals surface area contributed by atoms with Crippen LogP contribution in [0.15, 0.2) is 0 Å². The molecule has 0 aromatic heterocycles. The number of nitrogens with one attached hydrogen (secondary N) is 1. The second-order valence-electron chi connectivity index (χ2n) is 5.89. The van der Waals surface area contributed by atoms with E-state index < -0.39 is 0 Å². The predicted octanol–water partition coefficient (Wildman–Crippen LogP) is 2.59. The summed E-state index contributed by atoms with van der Waals surface area (Å²) in [4.78, 5) is 14.5. The lowest BCUT2D eigenvalue weighted by Gasteiger charge is -2.38. The maximum atomic E-state index is 12.4. The molecule has 2 fully saturated rings. The summed E-state index contributed by atoms with van der Waals surface area (Å²) >= 11 is 0. The van der Waals surface area contributed by atoms with E-state index >= 15 is 0 Å². The van der Waals surface area contributed by atoms with E-state index in [1.807, 2.05) is 0 Å². The summed E-state index contributed by atoms with van der Waals surface area (Å²) in [5.41, 5.74) is 0. The second-order valence-corrected chi connectivity index (χ2v) is 5.89. The maximum Gasteiger partial charge on any atom is 0.224 e. The molecule has 2 aliphatic rings. The van der Waals surface area contributed by atoms with Crippen LogP contribution < -0.4 is 5.32 Å². The highest BCUT2D eigenvalue weighted by Gasteiger charge is 2.30. The summed E-state index contributed by atoms with van der Waals surface area (Å²) in [6, 6.07) is 0.926. The molecule has 2 unspecified atom stereocenters. The Kier molecular flexibility index (Phi) is 6.44. The molecule has 0 aromatic carbocycles. The van der Waals surface area contributed by atoms with Gasteiger partial charge in [-0.25, -0.2) is 0 Å². The predicted molar refractivity (Wildman–Crippen MR) is 77.1 cm³/mol. The minimum Gasteiger partial charge on any atom is -0.339 e. The zero-order valence-electron chi connectivity index (χ0n) is 11.7. The Morgan fingerprint density at radius 2 is 2.06 bits per heavy atom. The third kappa shape index (κ3) is 3.86. The first-order chi connectivity index (χ1) is 8.18. The zero-order valence-corrected chi connectivity index (χ0v) is 12.5. The molecule has 1 N–H and O–H groups in total. The maximum absolute atomic E-state index is 12.4. The van der Waals surface area contributed by atoms with Crippen LogP contribution in [0.1, 0.15) is 52.4 Å². The zero-order chi connectivity index (χ0) is 12.3. The molecular weight excluding hydrogens is 248 g/mol. The monoisotopic (exact) mass is 274 g/mol. The topological polar surface area (TPSA) is 32.3 Å². The number of carbonyl (C=O) groups is 1. The van der Waals surface area contributed by atoms with Crippen LogP contribution in [0.3, 0.4) is 0 Å². The molecule has 18 heavy (non-hydrogen) atoms. The lowest BCUT2D eigenvalue weighted by molar-refractivity contribution is -0.136. The standard InChI is InChI=1S/C14H26N2O.ClH/c1-11(2)13-7-3-4-9-16(13)14(17)10-12-6-5-8-15-12;/h11-13,15H,3-10H2,1-2H3;1H. The SMILES string of the molecule is CC(C)C1CCCCN1C(=O)CC1CCCN1.Cl. The fourth-order valence-electron chi connectivity index (χ4n) is 3.22. The van der Waals surface area contributed by atoms with E-state index in [1.165, 1.54) is 32.1 Å². The van der Waals surface area contributed by atoms with Crippen molar-refractivity contribution in [2.45, 2.75) is 64.5 Å². The molecule has 0 aromatic rings. The minimum absolute atomic E-state index is 0. The Bertz CT molecular complexity index is 265. The Morgan fingerprint density at radius 3 is 2.67 bits per heavy atom. The third-order valence-electron chi connectivity index (χ3n) is 4.22. The number of amides is 1.